The third kappa shape index (κ3) is 6.69. The summed E-state index contributed by atoms with van der Waals surface area (Å²) in [5.74, 6) is 1.45. The summed E-state index contributed by atoms with van der Waals surface area (Å²) in [5, 5.41) is 13.5. The summed E-state index contributed by atoms with van der Waals surface area (Å²) in [6.07, 6.45) is -0.477. The van der Waals surface area contributed by atoms with Crippen LogP contribution in [0.25, 0.3) is 93.2 Å². The highest BCUT2D eigenvalue weighted by atomic mass is 15.2. The van der Waals surface area contributed by atoms with Crippen LogP contribution < -0.4 is 5.32 Å². The summed E-state index contributed by atoms with van der Waals surface area (Å²) >= 11 is 0. The number of nitrogens with zero attached hydrogens (tertiary/aromatic N) is 3. The lowest BCUT2D eigenvalue weighted by atomic mass is 9.91. The molecule has 13 rings (SSSR count). The Labute approximate surface area is 388 Å². The highest BCUT2D eigenvalue weighted by Crippen LogP contribution is 2.44. The fourth-order valence-corrected chi connectivity index (χ4v) is 10.3. The predicted octanol–water partition coefficient (Wildman–Crippen LogP) is 15.7. The molecule has 1 unspecified atom stereocenters. The van der Waals surface area contributed by atoms with Gasteiger partial charge in [0.2, 0.25) is 0 Å². The molecule has 0 radical (unpaired) electrons. The first-order chi connectivity index (χ1) is 33.2. The van der Waals surface area contributed by atoms with Gasteiger partial charge in [0, 0.05) is 27.3 Å². The number of hydrogen-bond acceptors (Lipinski definition) is 3. The molecule has 1 aliphatic rings. The van der Waals surface area contributed by atoms with Crippen LogP contribution in [0, 0.1) is 0 Å². The molecule has 314 valence electrons. The lowest BCUT2D eigenvalue weighted by molar-refractivity contribution is 0.675. The number of aliphatic imine (C=N–C) groups is 2. The zero-order chi connectivity index (χ0) is 44.3. The van der Waals surface area contributed by atoms with Gasteiger partial charge in [-0.1, -0.05) is 200 Å². The molecule has 0 saturated heterocycles. The van der Waals surface area contributed by atoms with Crippen molar-refractivity contribution in [1.29, 1.82) is 0 Å². The Morgan fingerprint density at radius 3 is 1.46 bits per heavy atom. The quantitative estimate of drug-likeness (QED) is 0.159. The molecular formula is C63H42N4. The maximum absolute atomic E-state index is 5.56. The van der Waals surface area contributed by atoms with Gasteiger partial charge in [0.15, 0.2) is 5.84 Å². The fraction of sp³-hybridized carbons (Fsp3) is 0.0159. The van der Waals surface area contributed by atoms with Crippen molar-refractivity contribution in [1.82, 2.24) is 9.88 Å². The minimum Gasteiger partial charge on any atom is -0.344 e. The summed E-state index contributed by atoms with van der Waals surface area (Å²) in [6.45, 7) is 0. The number of para-hydroxylation sites is 1. The van der Waals surface area contributed by atoms with Crippen molar-refractivity contribution in [2.75, 3.05) is 0 Å². The molecule has 11 aromatic carbocycles. The SMILES string of the molecule is c1ccc(-c2cccc(C3=NC(c4cc(-n5c6ccccc6c6cc(-c7ccccc7)ccc65)c5c6ccccc6c6ccccc6c5c4)NC(c4cccc(-c5ccccc5)c4)=N3)c2)cc1. The molecule has 0 amide bonds. The van der Waals surface area contributed by atoms with Crippen molar-refractivity contribution in [3.63, 3.8) is 0 Å². The fourth-order valence-electron chi connectivity index (χ4n) is 10.3. The van der Waals surface area contributed by atoms with Crippen molar-refractivity contribution < 1.29 is 0 Å². The van der Waals surface area contributed by atoms with Gasteiger partial charge in [-0.2, -0.15) is 0 Å². The average molecular weight is 855 g/mol. The van der Waals surface area contributed by atoms with Gasteiger partial charge in [0.05, 0.1) is 16.7 Å². The van der Waals surface area contributed by atoms with E-state index in [4.69, 9.17) is 9.98 Å². The van der Waals surface area contributed by atoms with Gasteiger partial charge in [-0.05, 0) is 108 Å². The molecule has 1 aliphatic heterocycles. The molecule has 0 bridgehead atoms. The van der Waals surface area contributed by atoms with Crippen molar-refractivity contribution in [3.8, 4) is 39.1 Å². The Kier molecular flexibility index (Phi) is 9.21. The van der Waals surface area contributed by atoms with E-state index in [-0.39, 0.29) is 0 Å². The average Bonchev–Trinajstić information content (AvgIpc) is 3.75. The summed E-state index contributed by atoms with van der Waals surface area (Å²) in [5.41, 5.74) is 13.3. The third-order valence-electron chi connectivity index (χ3n) is 13.4. The number of fused-ring (bicyclic) bond motifs is 9. The van der Waals surface area contributed by atoms with Gasteiger partial charge < -0.3 is 9.88 Å². The molecule has 0 saturated carbocycles. The first-order valence-corrected chi connectivity index (χ1v) is 22.9. The molecule has 0 spiro atoms. The second-order valence-corrected chi connectivity index (χ2v) is 17.4. The molecule has 4 heteroatoms. The molecule has 1 atom stereocenters. The monoisotopic (exact) mass is 854 g/mol. The maximum Gasteiger partial charge on any atom is 0.159 e. The number of hydrogen-bond donors (Lipinski definition) is 1. The minimum absolute atomic E-state index is 0.477. The van der Waals surface area contributed by atoms with Crippen LogP contribution in [0.1, 0.15) is 22.9 Å². The van der Waals surface area contributed by atoms with Crippen LogP contribution in [-0.2, 0) is 0 Å². The van der Waals surface area contributed by atoms with E-state index >= 15 is 0 Å². The molecular weight excluding hydrogens is 813 g/mol. The van der Waals surface area contributed by atoms with Gasteiger partial charge in [-0.25, -0.2) is 9.98 Å². The van der Waals surface area contributed by atoms with Gasteiger partial charge in [-0.15, -0.1) is 0 Å². The molecule has 0 fully saturated rings. The van der Waals surface area contributed by atoms with Crippen LogP contribution in [0.3, 0.4) is 0 Å². The van der Waals surface area contributed by atoms with Crippen molar-refractivity contribution >= 4 is 65.8 Å². The first-order valence-electron chi connectivity index (χ1n) is 22.9. The van der Waals surface area contributed by atoms with E-state index < -0.39 is 6.17 Å². The van der Waals surface area contributed by atoms with E-state index in [2.05, 4.69) is 253 Å². The smallest absolute Gasteiger partial charge is 0.159 e. The summed E-state index contributed by atoms with van der Waals surface area (Å²) in [4.78, 5) is 10.9. The van der Waals surface area contributed by atoms with Crippen LogP contribution in [0.5, 0.6) is 0 Å². The minimum atomic E-state index is -0.477. The van der Waals surface area contributed by atoms with Crippen molar-refractivity contribution in [3.05, 3.63) is 259 Å². The Morgan fingerprint density at radius 2 is 0.806 bits per heavy atom. The third-order valence-corrected chi connectivity index (χ3v) is 13.4. The lowest BCUT2D eigenvalue weighted by Crippen LogP contribution is -2.33. The largest absolute Gasteiger partial charge is 0.344 e. The van der Waals surface area contributed by atoms with E-state index in [1.54, 1.807) is 0 Å². The molecule has 1 N–H and O–H groups in total. The molecule has 4 nitrogen and oxygen atoms in total. The second-order valence-electron chi connectivity index (χ2n) is 17.4. The number of amidine groups is 2. The lowest BCUT2D eigenvalue weighted by Gasteiger charge is -2.26. The molecule has 12 aromatic rings. The molecule has 2 heterocycles. The van der Waals surface area contributed by atoms with E-state index in [1.807, 2.05) is 0 Å². The Balaban J connectivity index is 1.08. The van der Waals surface area contributed by atoms with E-state index in [9.17, 15) is 0 Å². The molecule has 0 aliphatic carbocycles. The van der Waals surface area contributed by atoms with Crippen LogP contribution >= 0.6 is 0 Å². The van der Waals surface area contributed by atoms with Gasteiger partial charge >= 0.3 is 0 Å². The normalized spacial score (nSPS) is 13.8. The van der Waals surface area contributed by atoms with Gasteiger partial charge in [0.1, 0.15) is 12.0 Å². The number of rotatable bonds is 7. The van der Waals surface area contributed by atoms with Crippen molar-refractivity contribution in [2.45, 2.75) is 6.17 Å². The molecule has 67 heavy (non-hydrogen) atoms. The van der Waals surface area contributed by atoms with E-state index in [1.165, 1.54) is 54.2 Å². The Bertz CT molecular complexity index is 3940. The number of nitrogens with one attached hydrogen (secondary N) is 1. The molecule has 1 aromatic heterocycles. The standard InChI is InChI=1S/C63H42N4/c1-4-18-41(19-5-1)44-24-16-26-47(36-44)61-64-62(48-27-17-25-45(37-48)42-20-6-2-7-21-42)66-63(65-61)49-39-56-52-30-11-10-28-50(52)51-29-12-13-32-54(51)60(56)59(40-49)67-57-33-15-14-31-53(57)55-38-46(34-35-58(55)67)43-22-8-3-9-23-43/h1-40,63H,(H,64,65,66). The highest BCUT2D eigenvalue weighted by molar-refractivity contribution is 6.28. The zero-order valence-corrected chi connectivity index (χ0v) is 36.5. The number of aromatic nitrogens is 1. The Morgan fingerprint density at radius 1 is 0.328 bits per heavy atom. The highest BCUT2D eigenvalue weighted by Gasteiger charge is 2.26. The van der Waals surface area contributed by atoms with E-state index in [0.29, 0.717) is 5.84 Å². The zero-order valence-electron chi connectivity index (χ0n) is 36.5. The van der Waals surface area contributed by atoms with Gasteiger partial charge in [0.25, 0.3) is 0 Å². The number of benzene rings is 11. The van der Waals surface area contributed by atoms with Crippen LogP contribution in [0.2, 0.25) is 0 Å². The predicted molar refractivity (Wildman–Crippen MR) is 281 cm³/mol. The maximum atomic E-state index is 5.56. The van der Waals surface area contributed by atoms with E-state index in [0.717, 1.165) is 61.5 Å². The Hall–Kier alpha value is -8.86. The summed E-state index contributed by atoms with van der Waals surface area (Å²) in [7, 11) is 0. The summed E-state index contributed by atoms with van der Waals surface area (Å²) in [6, 6.07) is 87.2. The van der Waals surface area contributed by atoms with Crippen LogP contribution in [0.4, 0.5) is 0 Å². The van der Waals surface area contributed by atoms with Gasteiger partial charge in [-0.3, -0.25) is 0 Å². The van der Waals surface area contributed by atoms with Crippen LogP contribution in [0.15, 0.2) is 253 Å². The van der Waals surface area contributed by atoms with Crippen molar-refractivity contribution in [2.24, 2.45) is 9.98 Å². The van der Waals surface area contributed by atoms with Crippen LogP contribution in [-0.4, -0.2) is 16.2 Å². The topological polar surface area (TPSA) is 41.7 Å². The second kappa shape index (κ2) is 16.0. The summed E-state index contributed by atoms with van der Waals surface area (Å²) < 4.78 is 2.49. The first kappa shape index (κ1) is 38.6.